The van der Waals surface area contributed by atoms with Gasteiger partial charge in [-0.25, -0.2) is 4.79 Å². The van der Waals surface area contributed by atoms with Crippen LogP contribution in [0.4, 0.5) is 4.79 Å². The van der Waals surface area contributed by atoms with E-state index in [2.05, 4.69) is 29.4 Å². The molecule has 2 fully saturated rings. The number of piperidine rings is 1. The summed E-state index contributed by atoms with van der Waals surface area (Å²) in [5.41, 5.74) is 0. The van der Waals surface area contributed by atoms with Gasteiger partial charge in [-0.3, -0.25) is 0 Å². The monoisotopic (exact) mass is 253 g/mol. The van der Waals surface area contributed by atoms with Gasteiger partial charge in [-0.15, -0.1) is 0 Å². The number of nitrogens with zero attached hydrogens (tertiary/aromatic N) is 1. The maximum atomic E-state index is 12.2. The normalized spacial score (nSPS) is 30.2. The topological polar surface area (TPSA) is 44.4 Å². The van der Waals surface area contributed by atoms with Crippen molar-refractivity contribution in [3.05, 3.63) is 0 Å². The molecular formula is C14H27N3O. The van der Waals surface area contributed by atoms with Crippen LogP contribution in [0.15, 0.2) is 0 Å². The highest BCUT2D eigenvalue weighted by Crippen LogP contribution is 2.29. The predicted octanol–water partition coefficient (Wildman–Crippen LogP) is 2.10. The summed E-state index contributed by atoms with van der Waals surface area (Å²) >= 11 is 0. The Hall–Kier alpha value is -0.770. The second-order valence-corrected chi connectivity index (χ2v) is 5.69. The minimum Gasteiger partial charge on any atom is -0.338 e. The first kappa shape index (κ1) is 13.7. The fourth-order valence-corrected chi connectivity index (χ4v) is 3.31. The molecule has 0 spiro atoms. The molecule has 4 heteroatoms. The van der Waals surface area contributed by atoms with Crippen LogP contribution in [0.5, 0.6) is 0 Å². The van der Waals surface area contributed by atoms with Crippen LogP contribution >= 0.6 is 0 Å². The molecule has 18 heavy (non-hydrogen) atoms. The van der Waals surface area contributed by atoms with Crippen molar-refractivity contribution in [2.24, 2.45) is 0 Å². The van der Waals surface area contributed by atoms with Crippen molar-refractivity contribution in [3.8, 4) is 0 Å². The molecule has 4 nitrogen and oxygen atoms in total. The molecule has 0 radical (unpaired) electrons. The number of rotatable bonds is 5. The van der Waals surface area contributed by atoms with Crippen LogP contribution in [-0.4, -0.2) is 42.1 Å². The SMILES string of the molecule is CCCNC(=O)N(CCC)C1CC2CCC(C1)N2. The molecule has 2 rings (SSSR count). The molecule has 2 atom stereocenters. The number of carbonyl (C=O) groups excluding carboxylic acids is 1. The molecule has 104 valence electrons. The highest BCUT2D eigenvalue weighted by atomic mass is 16.2. The molecule has 0 aromatic carbocycles. The Balaban J connectivity index is 1.94. The summed E-state index contributed by atoms with van der Waals surface area (Å²) in [4.78, 5) is 14.3. The van der Waals surface area contributed by atoms with E-state index in [1.54, 1.807) is 0 Å². The maximum absolute atomic E-state index is 12.2. The van der Waals surface area contributed by atoms with E-state index in [1.165, 1.54) is 12.8 Å². The van der Waals surface area contributed by atoms with Crippen molar-refractivity contribution in [2.45, 2.75) is 70.5 Å². The Kier molecular flexibility index (Phi) is 4.87. The van der Waals surface area contributed by atoms with Crippen molar-refractivity contribution < 1.29 is 4.79 Å². The molecule has 2 N–H and O–H groups in total. The zero-order valence-electron chi connectivity index (χ0n) is 11.7. The van der Waals surface area contributed by atoms with E-state index >= 15 is 0 Å². The van der Waals surface area contributed by atoms with Crippen molar-refractivity contribution in [3.63, 3.8) is 0 Å². The first-order valence-corrected chi connectivity index (χ1v) is 7.55. The van der Waals surface area contributed by atoms with Crippen LogP contribution in [-0.2, 0) is 0 Å². The first-order valence-electron chi connectivity index (χ1n) is 7.55. The largest absolute Gasteiger partial charge is 0.338 e. The van der Waals surface area contributed by atoms with E-state index in [9.17, 15) is 4.79 Å². The van der Waals surface area contributed by atoms with Gasteiger partial charge < -0.3 is 15.5 Å². The Labute approximate surface area is 110 Å². The number of carbonyl (C=O) groups is 1. The molecule has 2 bridgehead atoms. The van der Waals surface area contributed by atoms with Crippen LogP contribution in [0.2, 0.25) is 0 Å². The van der Waals surface area contributed by atoms with Gasteiger partial charge in [0, 0.05) is 31.2 Å². The van der Waals surface area contributed by atoms with Crippen molar-refractivity contribution in [1.29, 1.82) is 0 Å². The lowest BCUT2D eigenvalue weighted by Crippen LogP contribution is -2.53. The van der Waals surface area contributed by atoms with Gasteiger partial charge in [0.05, 0.1) is 0 Å². The highest BCUT2D eigenvalue weighted by molar-refractivity contribution is 5.74. The summed E-state index contributed by atoms with van der Waals surface area (Å²) in [6.07, 6.45) is 6.89. The predicted molar refractivity (Wildman–Crippen MR) is 73.7 cm³/mol. The smallest absolute Gasteiger partial charge is 0.317 e. The molecule has 0 aromatic heterocycles. The number of amides is 2. The zero-order valence-corrected chi connectivity index (χ0v) is 11.7. The average Bonchev–Trinajstić information content (AvgIpc) is 2.72. The molecule has 2 aliphatic rings. The summed E-state index contributed by atoms with van der Waals surface area (Å²) < 4.78 is 0. The Morgan fingerprint density at radius 2 is 1.89 bits per heavy atom. The van der Waals surface area contributed by atoms with Gasteiger partial charge >= 0.3 is 6.03 Å². The summed E-state index contributed by atoms with van der Waals surface area (Å²) in [6.45, 7) is 5.92. The number of urea groups is 1. The zero-order chi connectivity index (χ0) is 13.0. The second kappa shape index (κ2) is 6.41. The molecule has 0 saturated carbocycles. The molecule has 2 aliphatic heterocycles. The number of fused-ring (bicyclic) bond motifs is 2. The highest BCUT2D eigenvalue weighted by Gasteiger charge is 2.37. The third-order valence-corrected chi connectivity index (χ3v) is 4.14. The van der Waals surface area contributed by atoms with Crippen molar-refractivity contribution >= 4 is 6.03 Å². The standard InChI is InChI=1S/C14H27N3O/c1-3-7-15-14(18)17(8-4-2)13-9-11-5-6-12(10-13)16-11/h11-13,16H,3-10H2,1-2H3,(H,15,18). The molecule has 0 aliphatic carbocycles. The van der Waals surface area contributed by atoms with Crippen LogP contribution in [0.1, 0.15) is 52.4 Å². The third kappa shape index (κ3) is 3.16. The molecule has 2 unspecified atom stereocenters. The van der Waals surface area contributed by atoms with Gasteiger partial charge in [0.15, 0.2) is 0 Å². The lowest BCUT2D eigenvalue weighted by molar-refractivity contribution is 0.147. The fourth-order valence-electron chi connectivity index (χ4n) is 3.31. The third-order valence-electron chi connectivity index (χ3n) is 4.14. The molecule has 2 saturated heterocycles. The van der Waals surface area contributed by atoms with Crippen LogP contribution < -0.4 is 10.6 Å². The number of hydrogen-bond donors (Lipinski definition) is 2. The van der Waals surface area contributed by atoms with E-state index < -0.39 is 0 Å². The van der Waals surface area contributed by atoms with Gasteiger partial charge in [0.2, 0.25) is 0 Å². The van der Waals surface area contributed by atoms with Crippen LogP contribution in [0.3, 0.4) is 0 Å². The quantitative estimate of drug-likeness (QED) is 0.788. The lowest BCUT2D eigenvalue weighted by Gasteiger charge is -2.37. The Morgan fingerprint density at radius 3 is 2.44 bits per heavy atom. The molecule has 2 heterocycles. The van der Waals surface area contributed by atoms with Gasteiger partial charge in [0.25, 0.3) is 0 Å². The average molecular weight is 253 g/mol. The van der Waals surface area contributed by atoms with Crippen molar-refractivity contribution in [1.82, 2.24) is 15.5 Å². The van der Waals surface area contributed by atoms with E-state index in [0.29, 0.717) is 18.1 Å². The van der Waals surface area contributed by atoms with E-state index in [4.69, 9.17) is 0 Å². The lowest BCUT2D eigenvalue weighted by atomic mass is 9.98. The summed E-state index contributed by atoms with van der Waals surface area (Å²) in [7, 11) is 0. The Bertz CT molecular complexity index is 270. The minimum absolute atomic E-state index is 0.144. The van der Waals surface area contributed by atoms with Crippen LogP contribution in [0, 0.1) is 0 Å². The number of nitrogens with one attached hydrogen (secondary N) is 2. The maximum Gasteiger partial charge on any atom is 0.317 e. The van der Waals surface area contributed by atoms with Crippen molar-refractivity contribution in [2.75, 3.05) is 13.1 Å². The Morgan fingerprint density at radius 1 is 1.22 bits per heavy atom. The minimum atomic E-state index is 0.144. The molecule has 2 amide bonds. The van der Waals surface area contributed by atoms with E-state index in [-0.39, 0.29) is 6.03 Å². The van der Waals surface area contributed by atoms with E-state index in [0.717, 1.165) is 38.8 Å². The fraction of sp³-hybridized carbons (Fsp3) is 0.929. The summed E-state index contributed by atoms with van der Waals surface area (Å²) in [5.74, 6) is 0. The van der Waals surface area contributed by atoms with Crippen LogP contribution in [0.25, 0.3) is 0 Å². The van der Waals surface area contributed by atoms with Gasteiger partial charge in [-0.1, -0.05) is 13.8 Å². The van der Waals surface area contributed by atoms with Gasteiger partial charge in [-0.2, -0.15) is 0 Å². The van der Waals surface area contributed by atoms with Gasteiger partial charge in [-0.05, 0) is 38.5 Å². The van der Waals surface area contributed by atoms with Gasteiger partial charge in [0.1, 0.15) is 0 Å². The number of hydrogen-bond acceptors (Lipinski definition) is 2. The first-order chi connectivity index (χ1) is 8.74. The molecular weight excluding hydrogens is 226 g/mol. The summed E-state index contributed by atoms with van der Waals surface area (Å²) in [6, 6.07) is 1.88. The van der Waals surface area contributed by atoms with E-state index in [1.807, 2.05) is 0 Å². The summed E-state index contributed by atoms with van der Waals surface area (Å²) in [5, 5.41) is 6.67. The second-order valence-electron chi connectivity index (χ2n) is 5.69. The molecule has 0 aromatic rings.